The molecule has 5 N–H and O–H groups in total. The van der Waals surface area contributed by atoms with Crippen molar-refractivity contribution in [1.82, 2.24) is 25.5 Å². The van der Waals surface area contributed by atoms with Crippen LogP contribution in [0, 0.1) is 0 Å². The van der Waals surface area contributed by atoms with Gasteiger partial charge in [0.15, 0.2) is 6.35 Å². The van der Waals surface area contributed by atoms with Crippen molar-refractivity contribution in [3.63, 3.8) is 0 Å². The molecule has 0 aliphatic heterocycles. The van der Waals surface area contributed by atoms with Gasteiger partial charge in [-0.25, -0.2) is 10.1 Å². The standard InChI is InChI=1S/C18H18N6O2/c1-2-19-18(26)22-17-20-13-8-7-10(9-14(13)21-17)15-11-5-3-4-6-12(11)16(25)24-23-15/h3-9,18-19,26H,2H2,1H3,(H,24,25)(H2,20,21,22). The lowest BCUT2D eigenvalue weighted by Gasteiger charge is -2.11. The fraction of sp³-hybridized carbons (Fsp3) is 0.167. The summed E-state index contributed by atoms with van der Waals surface area (Å²) in [6.07, 6.45) is -0.884. The van der Waals surface area contributed by atoms with Crippen LogP contribution in [0.4, 0.5) is 5.95 Å². The topological polar surface area (TPSA) is 119 Å². The van der Waals surface area contributed by atoms with Gasteiger partial charge in [0.05, 0.1) is 22.1 Å². The van der Waals surface area contributed by atoms with Crippen LogP contribution in [-0.4, -0.2) is 38.2 Å². The van der Waals surface area contributed by atoms with E-state index in [-0.39, 0.29) is 5.56 Å². The van der Waals surface area contributed by atoms with Gasteiger partial charge in [0.1, 0.15) is 0 Å². The SMILES string of the molecule is CCNC(O)Nc1nc2cc(-c3n[nH]c(=O)c4ccccc34)ccc2[nH]1. The third-order valence-electron chi connectivity index (χ3n) is 4.12. The van der Waals surface area contributed by atoms with E-state index >= 15 is 0 Å². The van der Waals surface area contributed by atoms with E-state index < -0.39 is 6.35 Å². The molecule has 1 atom stereocenters. The third-order valence-corrected chi connectivity index (χ3v) is 4.12. The summed E-state index contributed by atoms with van der Waals surface area (Å²) in [5.74, 6) is 0.463. The first-order chi connectivity index (χ1) is 12.7. The summed E-state index contributed by atoms with van der Waals surface area (Å²) in [5, 5.41) is 23.6. The Bertz CT molecular complexity index is 1130. The van der Waals surface area contributed by atoms with E-state index in [1.54, 1.807) is 6.07 Å². The summed E-state index contributed by atoms with van der Waals surface area (Å²) in [5.41, 5.74) is 2.87. The van der Waals surface area contributed by atoms with Crippen LogP contribution < -0.4 is 16.2 Å². The van der Waals surface area contributed by atoms with Crippen molar-refractivity contribution in [3.8, 4) is 11.3 Å². The van der Waals surface area contributed by atoms with Crippen LogP contribution in [0.25, 0.3) is 33.1 Å². The molecular formula is C18H18N6O2. The van der Waals surface area contributed by atoms with E-state index in [9.17, 15) is 9.90 Å². The van der Waals surface area contributed by atoms with Gasteiger partial charge in [-0.3, -0.25) is 10.1 Å². The van der Waals surface area contributed by atoms with Crippen LogP contribution in [0.3, 0.4) is 0 Å². The van der Waals surface area contributed by atoms with Gasteiger partial charge in [-0.2, -0.15) is 5.10 Å². The van der Waals surface area contributed by atoms with Crippen LogP contribution in [0.1, 0.15) is 6.92 Å². The molecule has 4 rings (SSSR count). The Kier molecular flexibility index (Phi) is 4.11. The highest BCUT2D eigenvalue weighted by Gasteiger charge is 2.11. The Morgan fingerprint density at radius 1 is 1.19 bits per heavy atom. The van der Waals surface area contributed by atoms with Gasteiger partial charge < -0.3 is 15.4 Å². The smallest absolute Gasteiger partial charge is 0.272 e. The molecule has 0 saturated heterocycles. The lowest BCUT2D eigenvalue weighted by atomic mass is 10.0. The van der Waals surface area contributed by atoms with Crippen LogP contribution in [-0.2, 0) is 0 Å². The van der Waals surface area contributed by atoms with Crippen LogP contribution in [0.15, 0.2) is 47.3 Å². The maximum absolute atomic E-state index is 12.0. The number of fused-ring (bicyclic) bond motifs is 2. The van der Waals surface area contributed by atoms with Crippen molar-refractivity contribution >= 4 is 27.8 Å². The molecule has 26 heavy (non-hydrogen) atoms. The van der Waals surface area contributed by atoms with E-state index in [2.05, 4.69) is 30.8 Å². The molecule has 2 heterocycles. The summed E-state index contributed by atoms with van der Waals surface area (Å²) in [4.78, 5) is 19.5. The summed E-state index contributed by atoms with van der Waals surface area (Å²) in [7, 11) is 0. The fourth-order valence-electron chi connectivity index (χ4n) is 2.93. The number of anilines is 1. The van der Waals surface area contributed by atoms with Crippen molar-refractivity contribution in [2.45, 2.75) is 13.3 Å². The normalized spacial score (nSPS) is 12.5. The molecule has 0 spiro atoms. The maximum atomic E-state index is 12.0. The highest BCUT2D eigenvalue weighted by atomic mass is 16.3. The lowest BCUT2D eigenvalue weighted by Crippen LogP contribution is -2.35. The first-order valence-electron chi connectivity index (χ1n) is 8.31. The predicted octanol–water partition coefficient (Wildman–Crippen LogP) is 1.76. The molecule has 0 aliphatic carbocycles. The Morgan fingerprint density at radius 2 is 2.00 bits per heavy atom. The number of hydrogen-bond donors (Lipinski definition) is 5. The summed E-state index contributed by atoms with van der Waals surface area (Å²) in [6.45, 7) is 2.53. The summed E-state index contributed by atoms with van der Waals surface area (Å²) >= 11 is 0. The lowest BCUT2D eigenvalue weighted by molar-refractivity contribution is 0.167. The molecule has 2 aromatic carbocycles. The second-order valence-electron chi connectivity index (χ2n) is 5.87. The Labute approximate surface area is 148 Å². The second kappa shape index (κ2) is 6.58. The zero-order chi connectivity index (χ0) is 18.1. The first kappa shape index (κ1) is 16.2. The number of hydrogen-bond acceptors (Lipinski definition) is 6. The number of aliphatic hydroxyl groups is 1. The highest BCUT2D eigenvalue weighted by Crippen LogP contribution is 2.27. The molecule has 0 amide bonds. The number of benzene rings is 2. The van der Waals surface area contributed by atoms with Crippen LogP contribution in [0.5, 0.6) is 0 Å². The molecule has 132 valence electrons. The molecule has 0 fully saturated rings. The van der Waals surface area contributed by atoms with Gasteiger partial charge in [0.2, 0.25) is 5.95 Å². The van der Waals surface area contributed by atoms with Gasteiger partial charge in [0.25, 0.3) is 5.56 Å². The predicted molar refractivity (Wildman–Crippen MR) is 101 cm³/mol. The number of imidazole rings is 1. The minimum atomic E-state index is -0.884. The highest BCUT2D eigenvalue weighted by molar-refractivity contribution is 5.95. The quantitative estimate of drug-likeness (QED) is 0.350. The average molecular weight is 350 g/mol. The number of aliphatic hydroxyl groups excluding tert-OH is 1. The zero-order valence-corrected chi connectivity index (χ0v) is 14.1. The molecule has 1 unspecified atom stereocenters. The average Bonchev–Trinajstić information content (AvgIpc) is 3.03. The number of aromatic nitrogens is 4. The Hall–Kier alpha value is -3.23. The van der Waals surface area contributed by atoms with E-state index in [0.29, 0.717) is 23.6 Å². The minimum absolute atomic E-state index is 0.214. The summed E-state index contributed by atoms with van der Waals surface area (Å²) < 4.78 is 0. The van der Waals surface area contributed by atoms with Crippen molar-refractivity contribution < 1.29 is 5.11 Å². The molecular weight excluding hydrogens is 332 g/mol. The number of nitrogens with zero attached hydrogens (tertiary/aromatic N) is 2. The fourth-order valence-corrected chi connectivity index (χ4v) is 2.93. The minimum Gasteiger partial charge on any atom is -0.361 e. The first-order valence-corrected chi connectivity index (χ1v) is 8.31. The van der Waals surface area contributed by atoms with E-state index in [4.69, 9.17) is 0 Å². The van der Waals surface area contributed by atoms with E-state index in [1.165, 1.54) is 0 Å². The van der Waals surface area contributed by atoms with E-state index in [1.807, 2.05) is 43.3 Å². The zero-order valence-electron chi connectivity index (χ0n) is 14.1. The number of rotatable bonds is 5. The third kappa shape index (κ3) is 2.92. The molecule has 0 saturated carbocycles. The molecule has 8 nitrogen and oxygen atoms in total. The number of H-pyrrole nitrogens is 2. The Morgan fingerprint density at radius 3 is 2.81 bits per heavy atom. The van der Waals surface area contributed by atoms with Crippen molar-refractivity contribution in [2.75, 3.05) is 11.9 Å². The second-order valence-corrected chi connectivity index (χ2v) is 5.87. The van der Waals surface area contributed by atoms with Crippen LogP contribution in [0.2, 0.25) is 0 Å². The molecule has 2 aromatic heterocycles. The molecule has 8 heteroatoms. The number of aromatic amines is 2. The Balaban J connectivity index is 1.76. The van der Waals surface area contributed by atoms with Crippen molar-refractivity contribution in [1.29, 1.82) is 0 Å². The van der Waals surface area contributed by atoms with Gasteiger partial charge >= 0.3 is 0 Å². The number of nitrogens with one attached hydrogen (secondary N) is 4. The van der Waals surface area contributed by atoms with Gasteiger partial charge in [-0.1, -0.05) is 31.2 Å². The monoisotopic (exact) mass is 350 g/mol. The summed E-state index contributed by atoms with van der Waals surface area (Å²) in [6, 6.07) is 13.1. The van der Waals surface area contributed by atoms with E-state index in [0.717, 1.165) is 22.0 Å². The molecule has 4 aromatic rings. The van der Waals surface area contributed by atoms with Gasteiger partial charge in [-0.15, -0.1) is 0 Å². The van der Waals surface area contributed by atoms with Crippen molar-refractivity contribution in [2.24, 2.45) is 0 Å². The molecule has 0 radical (unpaired) electrons. The molecule has 0 bridgehead atoms. The van der Waals surface area contributed by atoms with Crippen LogP contribution >= 0.6 is 0 Å². The van der Waals surface area contributed by atoms with Gasteiger partial charge in [0, 0.05) is 10.9 Å². The maximum Gasteiger partial charge on any atom is 0.272 e. The van der Waals surface area contributed by atoms with Crippen molar-refractivity contribution in [3.05, 3.63) is 52.8 Å². The largest absolute Gasteiger partial charge is 0.361 e. The molecule has 0 aliphatic rings. The van der Waals surface area contributed by atoms with Gasteiger partial charge in [-0.05, 0) is 24.7 Å².